The van der Waals surface area contributed by atoms with E-state index >= 15 is 0 Å². The number of carboxylic acids is 1. The van der Waals surface area contributed by atoms with Crippen LogP contribution in [0.4, 0.5) is 0 Å². The molecule has 0 aliphatic heterocycles. The lowest BCUT2D eigenvalue weighted by Crippen LogP contribution is -2.59. The number of nitrogens with one attached hydrogen (secondary N) is 5. The molecule has 3 rings (SSSR count). The third kappa shape index (κ3) is 7.35. The van der Waals surface area contributed by atoms with E-state index in [0.717, 1.165) is 16.5 Å². The van der Waals surface area contributed by atoms with Crippen LogP contribution in [-0.4, -0.2) is 73.7 Å². The minimum atomic E-state index is -1.24. The number of hydrogen-bond donors (Lipinski definition) is 8. The second kappa shape index (κ2) is 13.1. The molecule has 204 valence electrons. The number of aromatic amines is 2. The number of benzene rings is 1. The second-order valence-electron chi connectivity index (χ2n) is 9.32. The summed E-state index contributed by atoms with van der Waals surface area (Å²) < 4.78 is 0. The van der Waals surface area contributed by atoms with E-state index in [9.17, 15) is 24.3 Å². The Hall–Kier alpha value is -3.84. The molecule has 8 N–H and O–H groups in total. The number of nitrogens with two attached hydrogens (primary N) is 1. The van der Waals surface area contributed by atoms with Gasteiger partial charge in [-0.25, -0.2) is 9.78 Å². The monoisotopic (exact) mass is 543 g/mol. The van der Waals surface area contributed by atoms with Crippen molar-refractivity contribution in [3.63, 3.8) is 0 Å². The van der Waals surface area contributed by atoms with Crippen molar-refractivity contribution in [1.82, 2.24) is 30.9 Å². The van der Waals surface area contributed by atoms with Gasteiger partial charge in [0.15, 0.2) is 0 Å². The molecule has 0 aliphatic rings. The van der Waals surface area contributed by atoms with Gasteiger partial charge in [0.05, 0.1) is 12.4 Å². The number of amides is 3. The van der Waals surface area contributed by atoms with Crippen LogP contribution in [-0.2, 0) is 32.0 Å². The molecule has 12 nitrogen and oxygen atoms in total. The fourth-order valence-corrected chi connectivity index (χ4v) is 4.22. The fraction of sp³-hybridized carbons (Fsp3) is 0.400. The molecule has 0 radical (unpaired) electrons. The number of fused-ring (bicyclic) bond motifs is 1. The molecule has 0 spiro atoms. The molecule has 1 aromatic carbocycles. The number of para-hydroxylation sites is 1. The lowest BCUT2D eigenvalue weighted by atomic mass is 10.00. The molecule has 3 amide bonds. The summed E-state index contributed by atoms with van der Waals surface area (Å²) in [7, 11) is 0. The van der Waals surface area contributed by atoms with Gasteiger partial charge in [-0.05, 0) is 17.5 Å². The normalized spacial score (nSPS) is 14.4. The van der Waals surface area contributed by atoms with Gasteiger partial charge in [-0.2, -0.15) is 12.6 Å². The molecule has 38 heavy (non-hydrogen) atoms. The maximum absolute atomic E-state index is 13.5. The Labute approximate surface area is 225 Å². The highest BCUT2D eigenvalue weighted by molar-refractivity contribution is 7.80. The van der Waals surface area contributed by atoms with E-state index in [1.165, 1.54) is 6.33 Å². The Morgan fingerprint density at radius 1 is 1.00 bits per heavy atom. The first-order chi connectivity index (χ1) is 18.1. The van der Waals surface area contributed by atoms with Crippen LogP contribution >= 0.6 is 12.6 Å². The summed E-state index contributed by atoms with van der Waals surface area (Å²) in [5, 5.41) is 18.0. The number of carbonyl (C=O) groups excluding carboxylic acids is 3. The molecular formula is C25H33N7O5S. The lowest BCUT2D eigenvalue weighted by Gasteiger charge is -2.27. The van der Waals surface area contributed by atoms with E-state index < -0.39 is 47.9 Å². The van der Waals surface area contributed by atoms with E-state index in [4.69, 9.17) is 5.73 Å². The minimum absolute atomic E-state index is 0.118. The standard InChI is InChI=1S/C25H33N7O5S/c1-13(2)21(24(35)31-20(11-38)25(36)37)32-23(34)19(7-14-9-28-18-6-4-3-5-16(14)18)30-22(33)17(26)8-15-10-27-12-29-15/h3-6,9-10,12-13,17,19-21,28,38H,7-8,11,26H2,1-2H3,(H,27,29)(H,30,33)(H,31,35)(H,32,34)(H,36,37). The van der Waals surface area contributed by atoms with E-state index in [0.29, 0.717) is 5.69 Å². The number of nitrogens with zero attached hydrogens (tertiary/aromatic N) is 1. The summed E-state index contributed by atoms with van der Waals surface area (Å²) in [4.78, 5) is 60.6. The van der Waals surface area contributed by atoms with Gasteiger partial charge in [0.1, 0.15) is 18.1 Å². The maximum atomic E-state index is 13.5. The van der Waals surface area contributed by atoms with E-state index in [1.54, 1.807) is 26.2 Å². The first kappa shape index (κ1) is 28.7. The highest BCUT2D eigenvalue weighted by Crippen LogP contribution is 2.19. The van der Waals surface area contributed by atoms with Crippen LogP contribution in [0.2, 0.25) is 0 Å². The molecule has 0 saturated carbocycles. The SMILES string of the molecule is CC(C)C(NC(=O)C(Cc1c[nH]c2ccccc12)NC(=O)C(N)Cc1cnc[nH]1)C(=O)NC(CS)C(=O)O. The molecule has 2 aromatic heterocycles. The van der Waals surface area contributed by atoms with E-state index in [2.05, 4.69) is 43.5 Å². The molecule has 4 unspecified atom stereocenters. The lowest BCUT2D eigenvalue weighted by molar-refractivity contribution is -0.142. The zero-order chi connectivity index (χ0) is 27.8. The second-order valence-corrected chi connectivity index (χ2v) is 9.69. The summed E-state index contributed by atoms with van der Waals surface area (Å²) in [5.41, 5.74) is 8.42. The average molecular weight is 544 g/mol. The molecule has 0 aliphatic carbocycles. The number of aliphatic carboxylic acids is 1. The van der Waals surface area contributed by atoms with Crippen molar-refractivity contribution in [3.8, 4) is 0 Å². The summed E-state index contributed by atoms with van der Waals surface area (Å²) >= 11 is 3.97. The fourth-order valence-electron chi connectivity index (χ4n) is 3.97. The summed E-state index contributed by atoms with van der Waals surface area (Å²) in [6, 6.07) is 3.25. The minimum Gasteiger partial charge on any atom is -0.480 e. The number of hydrogen-bond acceptors (Lipinski definition) is 7. The van der Waals surface area contributed by atoms with Gasteiger partial charge < -0.3 is 36.8 Å². The summed E-state index contributed by atoms with van der Waals surface area (Å²) in [5.74, 6) is -3.55. The van der Waals surface area contributed by atoms with Crippen molar-refractivity contribution < 1.29 is 24.3 Å². The predicted molar refractivity (Wildman–Crippen MR) is 144 cm³/mol. The topological polar surface area (TPSA) is 195 Å². The van der Waals surface area contributed by atoms with Gasteiger partial charge in [0.2, 0.25) is 17.7 Å². The van der Waals surface area contributed by atoms with Crippen LogP contribution in [0.3, 0.4) is 0 Å². The Morgan fingerprint density at radius 3 is 2.34 bits per heavy atom. The van der Waals surface area contributed by atoms with Crippen molar-refractivity contribution in [3.05, 3.63) is 54.2 Å². The van der Waals surface area contributed by atoms with Crippen molar-refractivity contribution >= 4 is 47.2 Å². The molecule has 4 atom stereocenters. The Morgan fingerprint density at radius 2 is 1.71 bits per heavy atom. The number of carboxylic acid groups (broad SMARTS) is 1. The van der Waals surface area contributed by atoms with Crippen LogP contribution < -0.4 is 21.7 Å². The van der Waals surface area contributed by atoms with Crippen LogP contribution in [0.25, 0.3) is 10.9 Å². The predicted octanol–water partition coefficient (Wildman–Crippen LogP) is 0.128. The zero-order valence-corrected chi connectivity index (χ0v) is 22.0. The number of aromatic nitrogens is 3. The van der Waals surface area contributed by atoms with Gasteiger partial charge in [0.25, 0.3) is 0 Å². The highest BCUT2D eigenvalue weighted by atomic mass is 32.1. The number of carbonyl (C=O) groups is 4. The molecule has 0 bridgehead atoms. The van der Waals surface area contributed by atoms with Crippen LogP contribution in [0, 0.1) is 5.92 Å². The van der Waals surface area contributed by atoms with Crippen molar-refractivity contribution in [1.29, 1.82) is 0 Å². The van der Waals surface area contributed by atoms with Gasteiger partial charge in [-0.15, -0.1) is 0 Å². The molecule has 0 fully saturated rings. The largest absolute Gasteiger partial charge is 0.480 e. The first-order valence-electron chi connectivity index (χ1n) is 12.1. The van der Waals surface area contributed by atoms with E-state index in [1.807, 2.05) is 24.3 Å². The van der Waals surface area contributed by atoms with Gasteiger partial charge >= 0.3 is 5.97 Å². The quantitative estimate of drug-likeness (QED) is 0.140. The molecular weight excluding hydrogens is 510 g/mol. The van der Waals surface area contributed by atoms with Crippen LogP contribution in [0.1, 0.15) is 25.1 Å². The maximum Gasteiger partial charge on any atom is 0.327 e. The molecule has 3 aromatic rings. The van der Waals surface area contributed by atoms with Crippen LogP contribution in [0.15, 0.2) is 43.0 Å². The van der Waals surface area contributed by atoms with Crippen molar-refractivity contribution in [2.45, 2.75) is 50.9 Å². The third-order valence-electron chi connectivity index (χ3n) is 6.11. The van der Waals surface area contributed by atoms with Crippen molar-refractivity contribution in [2.75, 3.05) is 5.75 Å². The van der Waals surface area contributed by atoms with Crippen molar-refractivity contribution in [2.24, 2.45) is 11.7 Å². The smallest absolute Gasteiger partial charge is 0.327 e. The van der Waals surface area contributed by atoms with Gasteiger partial charge in [-0.1, -0.05) is 32.0 Å². The Balaban J connectivity index is 1.81. The van der Waals surface area contributed by atoms with Gasteiger partial charge in [-0.3, -0.25) is 14.4 Å². The molecule has 13 heteroatoms. The molecule has 2 heterocycles. The number of rotatable bonds is 13. The Kier molecular flexibility index (Phi) is 9.91. The average Bonchev–Trinajstić information content (AvgIpc) is 3.54. The summed E-state index contributed by atoms with van der Waals surface area (Å²) in [6.45, 7) is 3.43. The van der Waals surface area contributed by atoms with Gasteiger partial charge in [0, 0.05) is 47.6 Å². The molecule has 0 saturated heterocycles. The van der Waals surface area contributed by atoms with E-state index in [-0.39, 0.29) is 24.5 Å². The Bertz CT molecular complexity index is 1260. The summed E-state index contributed by atoms with van der Waals surface area (Å²) in [6.07, 6.45) is 5.11. The number of H-pyrrole nitrogens is 2. The highest BCUT2D eigenvalue weighted by Gasteiger charge is 2.32. The van der Waals surface area contributed by atoms with Crippen LogP contribution in [0.5, 0.6) is 0 Å². The third-order valence-corrected chi connectivity index (χ3v) is 6.47. The number of thiol groups is 1. The zero-order valence-electron chi connectivity index (χ0n) is 21.1. The number of imidazole rings is 1. The first-order valence-corrected chi connectivity index (χ1v) is 12.8.